The van der Waals surface area contributed by atoms with Crippen LogP contribution in [0.4, 0.5) is 0 Å². The van der Waals surface area contributed by atoms with Crippen molar-refractivity contribution in [2.75, 3.05) is 13.2 Å². The summed E-state index contributed by atoms with van der Waals surface area (Å²) in [5.41, 5.74) is 0.679. The minimum absolute atomic E-state index is 0.0925. The molecule has 3 nitrogen and oxygen atoms in total. The number of hydrogen-bond donors (Lipinski definition) is 1. The van der Waals surface area contributed by atoms with Crippen LogP contribution in [0.2, 0.25) is 5.02 Å². The molecule has 0 spiro atoms. The van der Waals surface area contributed by atoms with Crippen molar-refractivity contribution in [2.24, 2.45) is 5.92 Å². The van der Waals surface area contributed by atoms with E-state index < -0.39 is 6.10 Å². The number of rotatable bonds is 6. The second-order valence-electron chi connectivity index (χ2n) is 4.38. The van der Waals surface area contributed by atoms with Crippen molar-refractivity contribution in [1.29, 1.82) is 0 Å². The van der Waals surface area contributed by atoms with E-state index in [-0.39, 0.29) is 5.92 Å². The maximum atomic E-state index is 10.1. The molecular formula is C14H21ClO3. The number of halogens is 1. The first-order chi connectivity index (χ1) is 8.51. The molecule has 4 heteroatoms. The third kappa shape index (κ3) is 3.53. The molecule has 0 saturated heterocycles. The van der Waals surface area contributed by atoms with Crippen LogP contribution in [-0.2, 0) is 0 Å². The molecule has 0 fully saturated rings. The summed E-state index contributed by atoms with van der Waals surface area (Å²) in [5.74, 6) is 1.33. The van der Waals surface area contributed by atoms with Crippen LogP contribution in [0.5, 0.6) is 11.5 Å². The van der Waals surface area contributed by atoms with Crippen molar-refractivity contribution in [2.45, 2.75) is 33.8 Å². The summed E-state index contributed by atoms with van der Waals surface area (Å²) in [6.07, 6.45) is -0.604. The molecule has 1 N–H and O–H groups in total. The summed E-state index contributed by atoms with van der Waals surface area (Å²) in [4.78, 5) is 0. The van der Waals surface area contributed by atoms with Crippen molar-refractivity contribution < 1.29 is 14.6 Å². The lowest BCUT2D eigenvalue weighted by atomic mass is 9.98. The van der Waals surface area contributed by atoms with Crippen LogP contribution in [0.1, 0.15) is 39.4 Å². The summed E-state index contributed by atoms with van der Waals surface area (Å²) in [7, 11) is 0. The maximum Gasteiger partial charge on any atom is 0.162 e. The van der Waals surface area contributed by atoms with E-state index in [0.29, 0.717) is 35.3 Å². The summed E-state index contributed by atoms with van der Waals surface area (Å²) >= 11 is 6.18. The fourth-order valence-electron chi connectivity index (χ4n) is 1.67. The Kier molecular flexibility index (Phi) is 5.76. The van der Waals surface area contributed by atoms with Gasteiger partial charge in [0.25, 0.3) is 0 Å². The molecule has 1 atom stereocenters. The van der Waals surface area contributed by atoms with Gasteiger partial charge in [-0.15, -0.1) is 0 Å². The van der Waals surface area contributed by atoms with Gasteiger partial charge < -0.3 is 14.6 Å². The highest BCUT2D eigenvalue weighted by molar-refractivity contribution is 6.31. The van der Waals surface area contributed by atoms with Crippen LogP contribution in [-0.4, -0.2) is 18.3 Å². The average Bonchev–Trinajstić information content (AvgIpc) is 2.32. The lowest BCUT2D eigenvalue weighted by Gasteiger charge is -2.19. The van der Waals surface area contributed by atoms with Crippen LogP contribution in [0.25, 0.3) is 0 Å². The van der Waals surface area contributed by atoms with Gasteiger partial charge in [0, 0.05) is 11.6 Å². The molecule has 0 heterocycles. The van der Waals surface area contributed by atoms with Gasteiger partial charge in [-0.25, -0.2) is 0 Å². The van der Waals surface area contributed by atoms with Crippen LogP contribution in [0.15, 0.2) is 12.1 Å². The van der Waals surface area contributed by atoms with Crippen molar-refractivity contribution in [1.82, 2.24) is 0 Å². The third-order valence-corrected chi connectivity index (χ3v) is 2.94. The first-order valence-electron chi connectivity index (χ1n) is 6.28. The molecule has 18 heavy (non-hydrogen) atoms. The van der Waals surface area contributed by atoms with Gasteiger partial charge >= 0.3 is 0 Å². The van der Waals surface area contributed by atoms with Gasteiger partial charge in [-0.1, -0.05) is 25.4 Å². The van der Waals surface area contributed by atoms with Gasteiger partial charge in [0.05, 0.1) is 24.3 Å². The van der Waals surface area contributed by atoms with E-state index in [0.717, 1.165) is 0 Å². The lowest BCUT2D eigenvalue weighted by Crippen LogP contribution is -2.07. The van der Waals surface area contributed by atoms with E-state index >= 15 is 0 Å². The molecule has 102 valence electrons. The predicted octanol–water partition coefficient (Wildman–Crippen LogP) is 3.83. The largest absolute Gasteiger partial charge is 0.490 e. The SMILES string of the molecule is CCOc1cc(Cl)c(C(O)C(C)C)cc1OCC. The zero-order valence-corrected chi connectivity index (χ0v) is 12.1. The molecule has 0 aliphatic heterocycles. The highest BCUT2D eigenvalue weighted by atomic mass is 35.5. The van der Waals surface area contributed by atoms with Gasteiger partial charge in [-0.2, -0.15) is 0 Å². The van der Waals surface area contributed by atoms with Crippen LogP contribution in [0, 0.1) is 5.92 Å². The van der Waals surface area contributed by atoms with Gasteiger partial charge in [-0.05, 0) is 25.8 Å². The molecule has 1 aromatic rings. The highest BCUT2D eigenvalue weighted by Gasteiger charge is 2.19. The van der Waals surface area contributed by atoms with E-state index in [1.165, 1.54) is 0 Å². The average molecular weight is 273 g/mol. The van der Waals surface area contributed by atoms with Crippen LogP contribution >= 0.6 is 11.6 Å². The predicted molar refractivity (Wildman–Crippen MR) is 73.6 cm³/mol. The standard InChI is InChI=1S/C14H21ClO3/c1-5-17-12-7-10(14(16)9(3)4)11(15)8-13(12)18-6-2/h7-9,14,16H,5-6H2,1-4H3. The summed E-state index contributed by atoms with van der Waals surface area (Å²) < 4.78 is 11.0. The van der Waals surface area contributed by atoms with E-state index in [1.54, 1.807) is 12.1 Å². The molecule has 0 aliphatic rings. The Morgan fingerprint density at radius 3 is 2.06 bits per heavy atom. The summed E-state index contributed by atoms with van der Waals surface area (Å²) in [6, 6.07) is 3.47. The van der Waals surface area contributed by atoms with E-state index in [2.05, 4.69) is 0 Å². The Balaban J connectivity index is 3.17. The molecule has 1 aromatic carbocycles. The number of ether oxygens (including phenoxy) is 2. The van der Waals surface area contributed by atoms with Gasteiger partial charge in [-0.3, -0.25) is 0 Å². The van der Waals surface area contributed by atoms with Gasteiger partial charge in [0.15, 0.2) is 11.5 Å². The van der Waals surface area contributed by atoms with Crippen LogP contribution in [0.3, 0.4) is 0 Å². The smallest absolute Gasteiger partial charge is 0.162 e. The minimum Gasteiger partial charge on any atom is -0.490 e. The minimum atomic E-state index is -0.604. The second kappa shape index (κ2) is 6.86. The Hall–Kier alpha value is -0.930. The quantitative estimate of drug-likeness (QED) is 0.855. The van der Waals surface area contributed by atoms with Crippen LogP contribution < -0.4 is 9.47 Å². The van der Waals surface area contributed by atoms with Gasteiger partial charge in [0.2, 0.25) is 0 Å². The topological polar surface area (TPSA) is 38.7 Å². The molecule has 0 bridgehead atoms. The fourth-order valence-corrected chi connectivity index (χ4v) is 1.94. The van der Waals surface area contributed by atoms with E-state index in [9.17, 15) is 5.11 Å². The van der Waals surface area contributed by atoms with E-state index in [1.807, 2.05) is 27.7 Å². The van der Waals surface area contributed by atoms with Gasteiger partial charge in [0.1, 0.15) is 0 Å². The number of hydrogen-bond acceptors (Lipinski definition) is 3. The molecular weight excluding hydrogens is 252 g/mol. The summed E-state index contributed by atoms with van der Waals surface area (Å²) in [6.45, 7) is 8.78. The molecule has 0 amide bonds. The Bertz CT molecular complexity index is 391. The Morgan fingerprint density at radius 2 is 1.61 bits per heavy atom. The zero-order valence-electron chi connectivity index (χ0n) is 11.4. The van der Waals surface area contributed by atoms with Crippen molar-refractivity contribution in [3.63, 3.8) is 0 Å². The Labute approximate surface area is 114 Å². The number of aliphatic hydroxyl groups excluding tert-OH is 1. The summed E-state index contributed by atoms with van der Waals surface area (Å²) in [5, 5.41) is 10.6. The second-order valence-corrected chi connectivity index (χ2v) is 4.78. The molecule has 0 saturated carbocycles. The number of benzene rings is 1. The van der Waals surface area contributed by atoms with Crippen molar-refractivity contribution in [3.05, 3.63) is 22.7 Å². The molecule has 1 unspecified atom stereocenters. The van der Waals surface area contributed by atoms with E-state index in [4.69, 9.17) is 21.1 Å². The first kappa shape index (κ1) is 15.1. The molecule has 1 rings (SSSR count). The normalized spacial score (nSPS) is 12.6. The first-order valence-corrected chi connectivity index (χ1v) is 6.66. The zero-order chi connectivity index (χ0) is 13.7. The fraction of sp³-hybridized carbons (Fsp3) is 0.571. The Morgan fingerprint density at radius 1 is 1.11 bits per heavy atom. The lowest BCUT2D eigenvalue weighted by molar-refractivity contribution is 0.126. The number of aliphatic hydroxyl groups is 1. The maximum absolute atomic E-state index is 10.1. The highest BCUT2D eigenvalue weighted by Crippen LogP contribution is 2.38. The molecule has 0 aromatic heterocycles. The van der Waals surface area contributed by atoms with Crippen molar-refractivity contribution >= 4 is 11.6 Å². The van der Waals surface area contributed by atoms with Crippen molar-refractivity contribution in [3.8, 4) is 11.5 Å². The molecule has 0 aliphatic carbocycles. The monoisotopic (exact) mass is 272 g/mol. The third-order valence-electron chi connectivity index (χ3n) is 2.61. The molecule has 0 radical (unpaired) electrons.